The summed E-state index contributed by atoms with van der Waals surface area (Å²) in [6, 6.07) is 18.4. The van der Waals surface area contributed by atoms with Crippen molar-refractivity contribution in [3.8, 4) is 5.75 Å². The number of benzene rings is 2. The summed E-state index contributed by atoms with van der Waals surface area (Å²) < 4.78 is 11.9. The third-order valence-corrected chi connectivity index (χ3v) is 5.45. The first kappa shape index (κ1) is 27.2. The number of rotatable bonds is 10. The lowest BCUT2D eigenvalue weighted by molar-refractivity contribution is 0.0931. The zero-order valence-electron chi connectivity index (χ0n) is 21.9. The Hall–Kier alpha value is -3.06. The quantitative estimate of drug-likeness (QED) is 0.264. The predicted octanol–water partition coefficient (Wildman–Crippen LogP) is 8.38. The van der Waals surface area contributed by atoms with E-state index in [1.165, 1.54) is 16.7 Å². The van der Waals surface area contributed by atoms with E-state index in [2.05, 4.69) is 90.3 Å². The highest BCUT2D eigenvalue weighted by Crippen LogP contribution is 2.30. The molecule has 2 nitrogen and oxygen atoms in total. The molecule has 1 atom stereocenters. The van der Waals surface area contributed by atoms with Gasteiger partial charge in [0.05, 0.1) is 19.8 Å². The Labute approximate surface area is 207 Å². The molecule has 2 heteroatoms. The minimum absolute atomic E-state index is 0.00849. The lowest BCUT2D eigenvalue weighted by atomic mass is 9.87. The highest BCUT2D eigenvalue weighted by atomic mass is 16.5. The first-order chi connectivity index (χ1) is 16.2. The fourth-order valence-electron chi connectivity index (χ4n) is 3.75. The van der Waals surface area contributed by atoms with Crippen molar-refractivity contribution in [3.05, 3.63) is 113 Å². The van der Waals surface area contributed by atoms with E-state index in [1.807, 2.05) is 36.4 Å². The average molecular weight is 457 g/mol. The van der Waals surface area contributed by atoms with Crippen molar-refractivity contribution in [2.45, 2.75) is 54.1 Å². The molecule has 0 aromatic heterocycles. The molecule has 0 N–H and O–H groups in total. The number of methoxy groups -OCH3 is 1. The van der Waals surface area contributed by atoms with Crippen LogP contribution in [0.2, 0.25) is 0 Å². The largest absolute Gasteiger partial charge is 0.496 e. The molecule has 2 rings (SSSR count). The number of allylic oxidation sites excluding steroid dienone is 4. The highest BCUT2D eigenvalue weighted by molar-refractivity contribution is 5.77. The fourth-order valence-corrected chi connectivity index (χ4v) is 3.75. The second-order valence-electron chi connectivity index (χ2n) is 9.73. The van der Waals surface area contributed by atoms with E-state index < -0.39 is 0 Å². The van der Waals surface area contributed by atoms with Crippen molar-refractivity contribution in [1.29, 1.82) is 0 Å². The minimum atomic E-state index is -0.0515. The van der Waals surface area contributed by atoms with Gasteiger partial charge >= 0.3 is 0 Å². The van der Waals surface area contributed by atoms with Crippen LogP contribution in [0, 0.1) is 5.41 Å². The summed E-state index contributed by atoms with van der Waals surface area (Å²) in [5, 5.41) is 0. The van der Waals surface area contributed by atoms with Crippen LogP contribution in [0.4, 0.5) is 0 Å². The van der Waals surface area contributed by atoms with E-state index >= 15 is 0 Å². The zero-order chi connectivity index (χ0) is 25.1. The van der Waals surface area contributed by atoms with E-state index in [1.54, 1.807) is 7.11 Å². The molecule has 0 aliphatic carbocycles. The average Bonchev–Trinajstić information content (AvgIpc) is 2.80. The van der Waals surface area contributed by atoms with Crippen LogP contribution in [0.5, 0.6) is 5.75 Å². The number of hydrogen-bond donors (Lipinski definition) is 0. The summed E-state index contributed by atoms with van der Waals surface area (Å²) in [5.41, 5.74) is 10.2. The summed E-state index contributed by atoms with van der Waals surface area (Å²) in [5.74, 6) is 0.806. The molecular weight excluding hydrogens is 416 g/mol. The maximum absolute atomic E-state index is 6.34. The Morgan fingerprint density at radius 2 is 1.68 bits per heavy atom. The molecule has 0 aliphatic heterocycles. The maximum atomic E-state index is 6.34. The van der Waals surface area contributed by atoms with Crippen LogP contribution in [0.15, 0.2) is 102 Å². The molecule has 2 aromatic carbocycles. The Kier molecular flexibility index (Phi) is 10.4. The van der Waals surface area contributed by atoms with Crippen LogP contribution in [0.1, 0.15) is 52.7 Å². The molecule has 0 saturated carbocycles. The van der Waals surface area contributed by atoms with Crippen molar-refractivity contribution in [1.82, 2.24) is 0 Å². The molecule has 0 saturated heterocycles. The van der Waals surface area contributed by atoms with Crippen LogP contribution < -0.4 is 4.74 Å². The molecule has 0 aliphatic rings. The predicted molar refractivity (Wildman–Crippen MR) is 146 cm³/mol. The van der Waals surface area contributed by atoms with Crippen LogP contribution in [0.3, 0.4) is 0 Å². The van der Waals surface area contributed by atoms with Crippen molar-refractivity contribution >= 4 is 5.57 Å². The number of ether oxygens (including phenoxy) is 2. The number of para-hydroxylation sites is 1. The summed E-state index contributed by atoms with van der Waals surface area (Å²) in [6.45, 7) is 17.7. The van der Waals surface area contributed by atoms with Gasteiger partial charge in [-0.3, -0.25) is 0 Å². The Morgan fingerprint density at radius 3 is 2.26 bits per heavy atom. The van der Waals surface area contributed by atoms with Gasteiger partial charge in [-0.15, -0.1) is 5.73 Å². The Bertz CT molecular complexity index is 1070. The molecule has 0 amide bonds. The van der Waals surface area contributed by atoms with Gasteiger partial charge in [0.15, 0.2) is 0 Å². The Balaban J connectivity index is 2.41. The normalized spacial score (nSPS) is 12.4. The van der Waals surface area contributed by atoms with Crippen molar-refractivity contribution < 1.29 is 9.47 Å². The van der Waals surface area contributed by atoms with E-state index in [4.69, 9.17) is 9.47 Å². The molecule has 180 valence electrons. The second kappa shape index (κ2) is 13.0. The Morgan fingerprint density at radius 1 is 1.03 bits per heavy atom. The van der Waals surface area contributed by atoms with Gasteiger partial charge in [-0.1, -0.05) is 93.6 Å². The van der Waals surface area contributed by atoms with Gasteiger partial charge in [0.25, 0.3) is 0 Å². The fraction of sp³-hybridized carbons (Fsp3) is 0.344. The van der Waals surface area contributed by atoms with E-state index in [0.29, 0.717) is 6.61 Å². The van der Waals surface area contributed by atoms with E-state index in [0.717, 1.165) is 28.9 Å². The van der Waals surface area contributed by atoms with Crippen LogP contribution in [0.25, 0.3) is 5.57 Å². The highest BCUT2D eigenvalue weighted by Gasteiger charge is 2.18. The van der Waals surface area contributed by atoms with Crippen LogP contribution in [-0.2, 0) is 11.2 Å². The lowest BCUT2D eigenvalue weighted by Crippen LogP contribution is -2.18. The van der Waals surface area contributed by atoms with E-state index in [-0.39, 0.29) is 11.5 Å². The van der Waals surface area contributed by atoms with Gasteiger partial charge in [0, 0.05) is 11.1 Å². The third kappa shape index (κ3) is 8.37. The monoisotopic (exact) mass is 456 g/mol. The first-order valence-electron chi connectivity index (χ1n) is 11.9. The third-order valence-electron chi connectivity index (χ3n) is 5.45. The van der Waals surface area contributed by atoms with Gasteiger partial charge in [0.2, 0.25) is 0 Å². The van der Waals surface area contributed by atoms with Crippen molar-refractivity contribution in [2.24, 2.45) is 5.41 Å². The molecule has 0 heterocycles. The van der Waals surface area contributed by atoms with Gasteiger partial charge in [0.1, 0.15) is 5.75 Å². The molecule has 0 spiro atoms. The second-order valence-corrected chi connectivity index (χ2v) is 9.73. The SMILES string of the molecule is C=CC(=C=CC(=C(C)C)/C(=C\C(C)(C)C)C(C)OCCc1ccccc1)c1ccccc1OC. The van der Waals surface area contributed by atoms with Gasteiger partial charge < -0.3 is 9.47 Å². The van der Waals surface area contributed by atoms with Gasteiger partial charge in [-0.2, -0.15) is 0 Å². The summed E-state index contributed by atoms with van der Waals surface area (Å²) in [6.07, 6.45) is 7.04. The minimum Gasteiger partial charge on any atom is -0.496 e. The topological polar surface area (TPSA) is 18.5 Å². The summed E-state index contributed by atoms with van der Waals surface area (Å²) in [7, 11) is 1.68. The maximum Gasteiger partial charge on any atom is 0.127 e. The summed E-state index contributed by atoms with van der Waals surface area (Å²) in [4.78, 5) is 0. The molecule has 34 heavy (non-hydrogen) atoms. The number of hydrogen-bond acceptors (Lipinski definition) is 2. The molecular formula is C32H40O2. The van der Waals surface area contributed by atoms with Crippen molar-refractivity contribution in [3.63, 3.8) is 0 Å². The van der Waals surface area contributed by atoms with Crippen molar-refractivity contribution in [2.75, 3.05) is 13.7 Å². The van der Waals surface area contributed by atoms with E-state index in [9.17, 15) is 0 Å². The standard InChI is InChI=1S/C32H40O2/c1-9-27(29-17-13-14-18-31(29)33-8)19-20-28(24(2)3)30(23-32(5,6)7)25(4)34-22-21-26-15-11-10-12-16-26/h9-18,20,23,25H,1,21-22H2,2-8H3/b30-23-. The van der Waals surface area contributed by atoms with Crippen LogP contribution >= 0.6 is 0 Å². The zero-order valence-corrected chi connectivity index (χ0v) is 21.9. The molecule has 0 radical (unpaired) electrons. The lowest BCUT2D eigenvalue weighted by Gasteiger charge is -2.24. The van der Waals surface area contributed by atoms with Gasteiger partial charge in [-0.25, -0.2) is 0 Å². The first-order valence-corrected chi connectivity index (χ1v) is 11.9. The van der Waals surface area contributed by atoms with Gasteiger partial charge in [-0.05, 0) is 61.5 Å². The molecule has 0 bridgehead atoms. The molecule has 1 unspecified atom stereocenters. The van der Waals surface area contributed by atoms with Crippen LogP contribution in [-0.4, -0.2) is 19.8 Å². The molecule has 0 fully saturated rings. The molecule has 2 aromatic rings. The smallest absolute Gasteiger partial charge is 0.127 e. The summed E-state index contributed by atoms with van der Waals surface area (Å²) >= 11 is 0.